The second-order valence-corrected chi connectivity index (χ2v) is 7.27. The van der Waals surface area contributed by atoms with Gasteiger partial charge in [-0.25, -0.2) is 0 Å². The zero-order valence-corrected chi connectivity index (χ0v) is 17.9. The number of unbranched alkanes of at least 4 members (excludes halogenated alkanes) is 1. The zero-order valence-electron chi connectivity index (χ0n) is 17.9. The largest absolute Gasteiger partial charge is 0.507 e. The van der Waals surface area contributed by atoms with Crippen molar-refractivity contribution >= 4 is 16.9 Å². The number of carbonyl (C=O) groups excluding carboxylic acids is 1. The zero-order chi connectivity index (χ0) is 22.2. The maximum atomic E-state index is 12.4. The van der Waals surface area contributed by atoms with E-state index in [1.165, 1.54) is 6.07 Å². The van der Waals surface area contributed by atoms with E-state index in [0.717, 1.165) is 49.9 Å². The molecule has 2 N–H and O–H groups in total. The molecule has 2 aromatic carbocycles. The number of nitrogens with zero attached hydrogens (tertiary/aromatic N) is 1. The number of aromatic hydroxyl groups is 1. The Labute approximate surface area is 181 Å². The quantitative estimate of drug-likeness (QED) is 0.484. The van der Waals surface area contributed by atoms with Crippen LogP contribution in [0.5, 0.6) is 11.5 Å². The van der Waals surface area contributed by atoms with Crippen LogP contribution in [0.15, 0.2) is 57.7 Å². The molecule has 0 bridgehead atoms. The number of hydrogen-bond donors (Lipinski definition) is 2. The molecule has 1 amide bonds. The van der Waals surface area contributed by atoms with Crippen LogP contribution in [0.25, 0.3) is 11.0 Å². The minimum Gasteiger partial charge on any atom is -0.507 e. The van der Waals surface area contributed by atoms with Crippen molar-refractivity contribution in [3.05, 3.63) is 70.1 Å². The summed E-state index contributed by atoms with van der Waals surface area (Å²) in [6.07, 6.45) is 1.71. The van der Waals surface area contributed by atoms with Gasteiger partial charge < -0.3 is 19.6 Å². The molecule has 1 aromatic heterocycles. The number of hydrogen-bond acceptors (Lipinski definition) is 6. The number of phenolic OH excluding ortho intramolecular Hbond substituents is 1. The summed E-state index contributed by atoms with van der Waals surface area (Å²) >= 11 is 0. The van der Waals surface area contributed by atoms with Crippen molar-refractivity contribution in [2.24, 2.45) is 0 Å². The number of ether oxygens (including phenoxy) is 1. The predicted octanol–water partition coefficient (Wildman–Crippen LogP) is 3.54. The van der Waals surface area contributed by atoms with Gasteiger partial charge in [-0.05, 0) is 44.1 Å². The Morgan fingerprint density at radius 1 is 1.16 bits per heavy atom. The third-order valence-corrected chi connectivity index (χ3v) is 5.18. The third-order valence-electron chi connectivity index (χ3n) is 5.18. The number of methoxy groups -OCH3 is 1. The van der Waals surface area contributed by atoms with Crippen molar-refractivity contribution in [3.63, 3.8) is 0 Å². The summed E-state index contributed by atoms with van der Waals surface area (Å²) in [7, 11) is 1.68. The first-order valence-electron chi connectivity index (χ1n) is 10.4. The molecular formula is C24H28N2O5. The molecule has 0 aliphatic heterocycles. The van der Waals surface area contributed by atoms with Gasteiger partial charge in [0.1, 0.15) is 22.5 Å². The summed E-state index contributed by atoms with van der Waals surface area (Å²) in [5.41, 5.74) is 0.893. The molecule has 3 rings (SSSR count). The fourth-order valence-electron chi connectivity index (χ4n) is 3.48. The van der Waals surface area contributed by atoms with Crippen LogP contribution < -0.4 is 15.5 Å². The summed E-state index contributed by atoms with van der Waals surface area (Å²) in [4.78, 5) is 26.9. The lowest BCUT2D eigenvalue weighted by atomic mass is 10.1. The third kappa shape index (κ3) is 5.64. The van der Waals surface area contributed by atoms with Crippen LogP contribution in [0.1, 0.15) is 35.9 Å². The number of amides is 1. The SMILES string of the molecule is CCN(CCCCNC(=O)c1cc(=O)c2c(O)cccc2o1)Cc1ccccc1OC. The predicted molar refractivity (Wildman–Crippen MR) is 120 cm³/mol. The molecule has 0 saturated heterocycles. The van der Waals surface area contributed by atoms with Crippen molar-refractivity contribution < 1.29 is 19.1 Å². The van der Waals surface area contributed by atoms with Crippen LogP contribution in [0.2, 0.25) is 0 Å². The number of benzene rings is 2. The van der Waals surface area contributed by atoms with Crippen molar-refractivity contribution in [3.8, 4) is 11.5 Å². The highest BCUT2D eigenvalue weighted by Gasteiger charge is 2.14. The average Bonchev–Trinajstić information content (AvgIpc) is 2.77. The lowest BCUT2D eigenvalue weighted by Gasteiger charge is -2.21. The van der Waals surface area contributed by atoms with Crippen molar-refractivity contribution in [2.45, 2.75) is 26.3 Å². The number of phenols is 1. The normalized spacial score (nSPS) is 11.1. The highest BCUT2D eigenvalue weighted by Crippen LogP contribution is 2.22. The van der Waals surface area contributed by atoms with Crippen LogP contribution in [0.3, 0.4) is 0 Å². The van der Waals surface area contributed by atoms with E-state index < -0.39 is 11.3 Å². The minimum atomic E-state index is -0.445. The van der Waals surface area contributed by atoms with Crippen molar-refractivity contribution in [1.82, 2.24) is 10.2 Å². The van der Waals surface area contributed by atoms with Crippen LogP contribution in [0.4, 0.5) is 0 Å². The molecule has 0 atom stereocenters. The second-order valence-electron chi connectivity index (χ2n) is 7.27. The molecular weight excluding hydrogens is 396 g/mol. The van der Waals surface area contributed by atoms with E-state index in [1.54, 1.807) is 19.2 Å². The molecule has 0 saturated carbocycles. The van der Waals surface area contributed by atoms with E-state index in [4.69, 9.17) is 9.15 Å². The van der Waals surface area contributed by atoms with Gasteiger partial charge >= 0.3 is 0 Å². The van der Waals surface area contributed by atoms with E-state index in [1.807, 2.05) is 18.2 Å². The molecule has 7 heteroatoms. The highest BCUT2D eigenvalue weighted by atomic mass is 16.5. The van der Waals surface area contributed by atoms with Crippen LogP contribution in [-0.2, 0) is 6.54 Å². The van der Waals surface area contributed by atoms with Crippen LogP contribution in [-0.4, -0.2) is 42.7 Å². The van der Waals surface area contributed by atoms with Gasteiger partial charge in [-0.3, -0.25) is 14.5 Å². The van der Waals surface area contributed by atoms with E-state index in [2.05, 4.69) is 23.2 Å². The Morgan fingerprint density at radius 3 is 2.74 bits per heavy atom. The molecule has 3 aromatic rings. The Morgan fingerprint density at radius 2 is 1.97 bits per heavy atom. The number of rotatable bonds is 10. The van der Waals surface area contributed by atoms with Gasteiger partial charge in [0.2, 0.25) is 0 Å². The topological polar surface area (TPSA) is 92.0 Å². The second kappa shape index (κ2) is 10.6. The molecule has 0 aliphatic rings. The fraction of sp³-hybridized carbons (Fsp3) is 0.333. The first kappa shape index (κ1) is 22.4. The highest BCUT2D eigenvalue weighted by molar-refractivity contribution is 5.93. The molecule has 31 heavy (non-hydrogen) atoms. The van der Waals surface area contributed by atoms with E-state index in [9.17, 15) is 14.7 Å². The summed E-state index contributed by atoms with van der Waals surface area (Å²) in [6.45, 7) is 5.22. The number of fused-ring (bicyclic) bond motifs is 1. The van der Waals surface area contributed by atoms with E-state index in [-0.39, 0.29) is 22.5 Å². The van der Waals surface area contributed by atoms with Crippen LogP contribution >= 0.6 is 0 Å². The van der Waals surface area contributed by atoms with Gasteiger partial charge in [0.15, 0.2) is 11.2 Å². The van der Waals surface area contributed by atoms with Gasteiger partial charge in [0.25, 0.3) is 5.91 Å². The van der Waals surface area contributed by atoms with Crippen molar-refractivity contribution in [2.75, 3.05) is 26.7 Å². The first-order chi connectivity index (χ1) is 15.0. The summed E-state index contributed by atoms with van der Waals surface area (Å²) < 4.78 is 10.9. The van der Waals surface area contributed by atoms with Gasteiger partial charge in [0, 0.05) is 24.7 Å². The molecule has 164 valence electrons. The van der Waals surface area contributed by atoms with Gasteiger partial charge in [-0.1, -0.05) is 31.2 Å². The van der Waals surface area contributed by atoms with E-state index >= 15 is 0 Å². The summed E-state index contributed by atoms with van der Waals surface area (Å²) in [6, 6.07) is 13.6. The summed E-state index contributed by atoms with van der Waals surface area (Å²) in [5, 5.41) is 12.7. The molecule has 0 spiro atoms. The molecule has 0 aliphatic carbocycles. The minimum absolute atomic E-state index is 0.0607. The Balaban J connectivity index is 1.48. The first-order valence-corrected chi connectivity index (χ1v) is 10.4. The van der Waals surface area contributed by atoms with Gasteiger partial charge in [-0.2, -0.15) is 0 Å². The number of nitrogens with one attached hydrogen (secondary N) is 1. The Hall–Kier alpha value is -3.32. The number of carbonyl (C=O) groups is 1. The maximum Gasteiger partial charge on any atom is 0.287 e. The average molecular weight is 424 g/mol. The lowest BCUT2D eigenvalue weighted by Crippen LogP contribution is -2.27. The molecule has 0 unspecified atom stereocenters. The monoisotopic (exact) mass is 424 g/mol. The van der Waals surface area contributed by atoms with Gasteiger partial charge in [-0.15, -0.1) is 0 Å². The Kier molecular flexibility index (Phi) is 7.67. The number of para-hydroxylation sites is 1. The van der Waals surface area contributed by atoms with Crippen LogP contribution in [0, 0.1) is 0 Å². The molecule has 1 heterocycles. The van der Waals surface area contributed by atoms with Gasteiger partial charge in [0.05, 0.1) is 7.11 Å². The maximum absolute atomic E-state index is 12.4. The smallest absolute Gasteiger partial charge is 0.287 e. The fourth-order valence-corrected chi connectivity index (χ4v) is 3.48. The molecule has 0 fully saturated rings. The molecule has 0 radical (unpaired) electrons. The van der Waals surface area contributed by atoms with E-state index in [0.29, 0.717) is 6.54 Å². The Bertz CT molecular complexity index is 1090. The summed E-state index contributed by atoms with van der Waals surface area (Å²) in [5.74, 6) is 0.225. The molecule has 7 nitrogen and oxygen atoms in total. The standard InChI is InChI=1S/C24H28N2O5/c1-3-26(16-17-9-4-5-11-20(17)30-2)14-7-6-13-25-24(29)22-15-19(28)23-18(27)10-8-12-21(23)31-22/h4-5,8-12,15,27H,3,6-7,13-14,16H2,1-2H3,(H,25,29). The lowest BCUT2D eigenvalue weighted by molar-refractivity contribution is 0.0925. The van der Waals surface area contributed by atoms with Crippen molar-refractivity contribution in [1.29, 1.82) is 0 Å².